The predicted octanol–water partition coefficient (Wildman–Crippen LogP) is 2.98. The molecule has 3 heteroatoms. The molecule has 0 aliphatic heterocycles. The van der Waals surface area contributed by atoms with Crippen LogP contribution in [0.2, 0.25) is 0 Å². The van der Waals surface area contributed by atoms with Crippen molar-refractivity contribution in [1.82, 2.24) is 4.98 Å². The summed E-state index contributed by atoms with van der Waals surface area (Å²) in [4.78, 5) is 7.19. The Bertz CT molecular complexity index is 457. The van der Waals surface area contributed by atoms with Crippen molar-refractivity contribution in [3.05, 3.63) is 34.4 Å². The summed E-state index contributed by atoms with van der Waals surface area (Å²) >= 11 is 3.44. The van der Waals surface area contributed by atoms with E-state index in [0.29, 0.717) is 0 Å². The standard InChI is InChI=1S/C10H9BrN2/c1-12-5-7-6-13-10-3-2-8(11)4-9(7)10/h2-6,13H,1H3. The second-order valence-corrected chi connectivity index (χ2v) is 3.74. The number of aromatic amines is 1. The van der Waals surface area contributed by atoms with E-state index in [1.54, 1.807) is 7.05 Å². The van der Waals surface area contributed by atoms with E-state index in [4.69, 9.17) is 0 Å². The molecule has 1 aromatic heterocycles. The molecule has 2 rings (SSSR count). The zero-order valence-electron chi connectivity index (χ0n) is 7.21. The maximum Gasteiger partial charge on any atom is 0.0461 e. The van der Waals surface area contributed by atoms with Gasteiger partial charge in [0.1, 0.15) is 0 Å². The first-order valence-electron chi connectivity index (χ1n) is 4.00. The van der Waals surface area contributed by atoms with Crippen molar-refractivity contribution in [3.8, 4) is 0 Å². The number of benzene rings is 1. The summed E-state index contributed by atoms with van der Waals surface area (Å²) in [5.41, 5.74) is 2.26. The van der Waals surface area contributed by atoms with Gasteiger partial charge in [-0.05, 0) is 18.2 Å². The average Bonchev–Trinajstić information content (AvgIpc) is 2.49. The third-order valence-corrected chi connectivity index (χ3v) is 2.44. The van der Waals surface area contributed by atoms with E-state index < -0.39 is 0 Å². The van der Waals surface area contributed by atoms with Crippen LogP contribution in [0.3, 0.4) is 0 Å². The van der Waals surface area contributed by atoms with E-state index in [1.165, 1.54) is 5.39 Å². The molecular weight excluding hydrogens is 228 g/mol. The summed E-state index contributed by atoms with van der Waals surface area (Å²) in [6, 6.07) is 6.15. The van der Waals surface area contributed by atoms with Gasteiger partial charge in [0, 0.05) is 40.4 Å². The van der Waals surface area contributed by atoms with Crippen LogP contribution >= 0.6 is 15.9 Å². The van der Waals surface area contributed by atoms with E-state index in [1.807, 2.05) is 24.5 Å². The van der Waals surface area contributed by atoms with Crippen LogP contribution in [0.25, 0.3) is 10.9 Å². The first-order chi connectivity index (χ1) is 6.31. The normalized spacial score (nSPS) is 11.5. The van der Waals surface area contributed by atoms with Gasteiger partial charge in [0.2, 0.25) is 0 Å². The molecule has 1 N–H and O–H groups in total. The van der Waals surface area contributed by atoms with Crippen LogP contribution in [-0.4, -0.2) is 18.2 Å². The molecule has 2 nitrogen and oxygen atoms in total. The lowest BCUT2D eigenvalue weighted by molar-refractivity contribution is 1.45. The van der Waals surface area contributed by atoms with Crippen LogP contribution in [-0.2, 0) is 0 Å². The molecule has 2 aromatic rings. The highest BCUT2D eigenvalue weighted by Crippen LogP contribution is 2.21. The lowest BCUT2D eigenvalue weighted by Gasteiger charge is -1.92. The number of H-pyrrole nitrogens is 1. The number of hydrogen-bond donors (Lipinski definition) is 1. The molecule has 0 spiro atoms. The van der Waals surface area contributed by atoms with Gasteiger partial charge >= 0.3 is 0 Å². The van der Waals surface area contributed by atoms with Crippen molar-refractivity contribution in [3.63, 3.8) is 0 Å². The molecule has 0 saturated heterocycles. The zero-order chi connectivity index (χ0) is 9.26. The molecule has 0 atom stereocenters. The van der Waals surface area contributed by atoms with E-state index in [9.17, 15) is 0 Å². The molecule has 66 valence electrons. The Morgan fingerprint density at radius 3 is 3.08 bits per heavy atom. The third kappa shape index (κ3) is 1.52. The number of aromatic nitrogens is 1. The quantitative estimate of drug-likeness (QED) is 0.738. The summed E-state index contributed by atoms with van der Waals surface area (Å²) < 4.78 is 1.09. The lowest BCUT2D eigenvalue weighted by atomic mass is 10.2. The molecule has 0 fully saturated rings. The van der Waals surface area contributed by atoms with Gasteiger partial charge in [-0.2, -0.15) is 0 Å². The van der Waals surface area contributed by atoms with Gasteiger partial charge in [0.25, 0.3) is 0 Å². The summed E-state index contributed by atoms with van der Waals surface area (Å²) in [7, 11) is 1.77. The van der Waals surface area contributed by atoms with E-state index >= 15 is 0 Å². The Kier molecular flexibility index (Phi) is 2.19. The highest BCUT2D eigenvalue weighted by molar-refractivity contribution is 9.10. The van der Waals surface area contributed by atoms with Gasteiger partial charge in [-0.15, -0.1) is 0 Å². The van der Waals surface area contributed by atoms with Crippen LogP contribution in [0.1, 0.15) is 5.56 Å². The molecule has 0 aliphatic rings. The Hall–Kier alpha value is -1.09. The molecule has 0 saturated carbocycles. The Morgan fingerprint density at radius 2 is 2.31 bits per heavy atom. The highest BCUT2D eigenvalue weighted by Gasteiger charge is 2.00. The fraction of sp³-hybridized carbons (Fsp3) is 0.100. The van der Waals surface area contributed by atoms with Gasteiger partial charge in [-0.25, -0.2) is 0 Å². The molecular formula is C10H9BrN2. The summed E-state index contributed by atoms with van der Waals surface area (Å²) in [5.74, 6) is 0. The topological polar surface area (TPSA) is 28.1 Å². The van der Waals surface area contributed by atoms with Gasteiger partial charge in [0.15, 0.2) is 0 Å². The van der Waals surface area contributed by atoms with E-state index in [2.05, 4.69) is 32.0 Å². The van der Waals surface area contributed by atoms with Crippen LogP contribution < -0.4 is 0 Å². The molecule has 0 unspecified atom stereocenters. The lowest BCUT2D eigenvalue weighted by Crippen LogP contribution is -1.76. The molecule has 0 aliphatic carbocycles. The van der Waals surface area contributed by atoms with Crippen molar-refractivity contribution in [2.75, 3.05) is 7.05 Å². The smallest absolute Gasteiger partial charge is 0.0461 e. The van der Waals surface area contributed by atoms with Gasteiger partial charge in [0.05, 0.1) is 0 Å². The third-order valence-electron chi connectivity index (χ3n) is 1.94. The minimum absolute atomic E-state index is 1.09. The number of rotatable bonds is 1. The summed E-state index contributed by atoms with van der Waals surface area (Å²) in [5, 5.41) is 1.19. The largest absolute Gasteiger partial charge is 0.361 e. The fourth-order valence-electron chi connectivity index (χ4n) is 1.36. The zero-order valence-corrected chi connectivity index (χ0v) is 8.80. The van der Waals surface area contributed by atoms with Crippen molar-refractivity contribution >= 4 is 33.0 Å². The summed E-state index contributed by atoms with van der Waals surface area (Å²) in [6.07, 6.45) is 3.81. The van der Waals surface area contributed by atoms with Crippen molar-refractivity contribution < 1.29 is 0 Å². The molecule has 0 radical (unpaired) electrons. The van der Waals surface area contributed by atoms with Crippen LogP contribution in [0, 0.1) is 0 Å². The maximum atomic E-state index is 4.00. The first kappa shape index (κ1) is 8.51. The van der Waals surface area contributed by atoms with Gasteiger partial charge in [-0.1, -0.05) is 15.9 Å². The Labute approximate surface area is 84.8 Å². The monoisotopic (exact) mass is 236 g/mol. The van der Waals surface area contributed by atoms with Crippen molar-refractivity contribution in [1.29, 1.82) is 0 Å². The summed E-state index contributed by atoms with van der Waals surface area (Å²) in [6.45, 7) is 0. The molecule has 0 amide bonds. The van der Waals surface area contributed by atoms with Crippen molar-refractivity contribution in [2.24, 2.45) is 4.99 Å². The fourth-order valence-corrected chi connectivity index (χ4v) is 1.72. The molecule has 1 aromatic carbocycles. The maximum absolute atomic E-state index is 4.00. The molecule has 1 heterocycles. The average molecular weight is 237 g/mol. The minimum atomic E-state index is 1.09. The van der Waals surface area contributed by atoms with E-state index in [-0.39, 0.29) is 0 Å². The number of fused-ring (bicyclic) bond motifs is 1. The molecule has 0 bridgehead atoms. The molecule has 13 heavy (non-hydrogen) atoms. The first-order valence-corrected chi connectivity index (χ1v) is 4.79. The number of halogens is 1. The Balaban J connectivity index is 2.71. The second-order valence-electron chi connectivity index (χ2n) is 2.82. The number of nitrogens with zero attached hydrogens (tertiary/aromatic N) is 1. The van der Waals surface area contributed by atoms with Crippen LogP contribution in [0.15, 0.2) is 33.9 Å². The number of aliphatic imine (C=N–C) groups is 1. The second kappa shape index (κ2) is 3.34. The number of nitrogens with one attached hydrogen (secondary N) is 1. The van der Waals surface area contributed by atoms with Crippen LogP contribution in [0.5, 0.6) is 0 Å². The van der Waals surface area contributed by atoms with Crippen molar-refractivity contribution in [2.45, 2.75) is 0 Å². The van der Waals surface area contributed by atoms with E-state index in [0.717, 1.165) is 15.6 Å². The Morgan fingerprint density at radius 1 is 1.46 bits per heavy atom. The van der Waals surface area contributed by atoms with Gasteiger partial charge in [-0.3, -0.25) is 4.99 Å². The predicted molar refractivity (Wildman–Crippen MR) is 59.5 cm³/mol. The SMILES string of the molecule is CN=Cc1c[nH]c2ccc(Br)cc12. The minimum Gasteiger partial charge on any atom is -0.361 e. The van der Waals surface area contributed by atoms with Gasteiger partial charge < -0.3 is 4.98 Å². The van der Waals surface area contributed by atoms with Crippen LogP contribution in [0.4, 0.5) is 0 Å². The highest BCUT2D eigenvalue weighted by atomic mass is 79.9. The number of hydrogen-bond acceptors (Lipinski definition) is 1.